The second-order valence-electron chi connectivity index (χ2n) is 7.61. The van der Waals surface area contributed by atoms with Gasteiger partial charge in [-0.3, -0.25) is 4.79 Å². The van der Waals surface area contributed by atoms with E-state index in [9.17, 15) is 44.7 Å². The van der Waals surface area contributed by atoms with Crippen molar-refractivity contribution in [2.75, 3.05) is 11.1 Å². The van der Waals surface area contributed by atoms with Gasteiger partial charge in [0.1, 0.15) is 0 Å². The lowest BCUT2D eigenvalue weighted by Crippen LogP contribution is -2.53. The third-order valence-corrected chi connectivity index (χ3v) is 6.56. The van der Waals surface area contributed by atoms with Crippen LogP contribution in [0.15, 0.2) is 41.8 Å². The van der Waals surface area contributed by atoms with Crippen molar-refractivity contribution in [3.8, 4) is 0 Å². The molecule has 2 aromatic rings. The maximum atomic E-state index is 12.9. The Labute approximate surface area is 183 Å². The van der Waals surface area contributed by atoms with Gasteiger partial charge in [0.25, 0.3) is 5.60 Å². The number of hydrogen-bond donors (Lipinski definition) is 2. The zero-order chi connectivity index (χ0) is 24.7. The topological polar surface area (TPSA) is 109 Å². The number of nitrogens with one attached hydrogen (secondary N) is 1. The molecule has 7 nitrogen and oxygen atoms in total. The summed E-state index contributed by atoms with van der Waals surface area (Å²) in [6.45, 7) is 0. The molecule has 1 aromatic carbocycles. The van der Waals surface area contributed by atoms with Crippen molar-refractivity contribution in [1.82, 2.24) is 9.97 Å². The summed E-state index contributed by atoms with van der Waals surface area (Å²) in [5.41, 5.74) is -6.42. The molecule has 1 saturated carbocycles. The molecular formula is C19H17F6N3O4S. The number of aliphatic hydroxyl groups is 1. The maximum absolute atomic E-state index is 12.9. The molecule has 1 aliphatic rings. The van der Waals surface area contributed by atoms with Gasteiger partial charge in [0.05, 0.1) is 12.2 Å². The fourth-order valence-corrected chi connectivity index (χ4v) is 4.47. The standard InChI is InChI=1S/C19H17F6N3O4S/c20-18(21,22)17(30,19(23,24)25)13-3-5-14(6-4-13)28-15(29)7-12-8-26-16(27-9-12)33(31,32)10-11-1-2-11/h3-6,8-9,11,30H,1-2,7,10H2,(H,28,29). The lowest BCUT2D eigenvalue weighted by atomic mass is 9.92. The van der Waals surface area contributed by atoms with E-state index in [-0.39, 0.29) is 34.5 Å². The third kappa shape index (κ3) is 5.43. The first-order chi connectivity index (χ1) is 15.1. The first-order valence-corrected chi connectivity index (χ1v) is 11.1. The number of amides is 1. The minimum Gasteiger partial charge on any atom is -0.369 e. The van der Waals surface area contributed by atoms with Crippen LogP contribution >= 0.6 is 0 Å². The molecule has 33 heavy (non-hydrogen) atoms. The van der Waals surface area contributed by atoms with E-state index in [1.807, 2.05) is 0 Å². The molecule has 14 heteroatoms. The number of anilines is 1. The lowest BCUT2D eigenvalue weighted by Gasteiger charge is -2.32. The summed E-state index contributed by atoms with van der Waals surface area (Å²) in [5.74, 6) is -0.666. The molecule has 180 valence electrons. The molecule has 0 saturated heterocycles. The predicted molar refractivity (Wildman–Crippen MR) is 102 cm³/mol. The highest BCUT2D eigenvalue weighted by molar-refractivity contribution is 7.91. The molecule has 0 radical (unpaired) electrons. The van der Waals surface area contributed by atoms with E-state index in [1.165, 1.54) is 0 Å². The largest absolute Gasteiger partial charge is 0.430 e. The van der Waals surface area contributed by atoms with Crippen molar-refractivity contribution in [3.63, 3.8) is 0 Å². The molecule has 0 atom stereocenters. The Bertz CT molecular complexity index is 1100. The SMILES string of the molecule is O=C(Cc1cnc(S(=O)(=O)CC2CC2)nc1)Nc1ccc(C(O)(C(F)(F)F)C(F)(F)F)cc1. The van der Waals surface area contributed by atoms with Gasteiger partial charge in [-0.15, -0.1) is 0 Å². The number of alkyl halides is 6. The lowest BCUT2D eigenvalue weighted by molar-refractivity contribution is -0.376. The zero-order valence-electron chi connectivity index (χ0n) is 16.6. The normalized spacial score (nSPS) is 15.4. The quantitative estimate of drug-likeness (QED) is 0.450. The first kappa shape index (κ1) is 24.9. The summed E-state index contributed by atoms with van der Waals surface area (Å²) in [6, 6.07) is 2.36. The van der Waals surface area contributed by atoms with Crippen molar-refractivity contribution < 1.29 is 44.7 Å². The van der Waals surface area contributed by atoms with E-state index in [1.54, 1.807) is 0 Å². The number of nitrogens with zero attached hydrogens (tertiary/aromatic N) is 2. The molecule has 0 spiro atoms. The maximum Gasteiger partial charge on any atom is 0.430 e. The van der Waals surface area contributed by atoms with Gasteiger partial charge in [-0.25, -0.2) is 18.4 Å². The van der Waals surface area contributed by atoms with Gasteiger partial charge in [-0.1, -0.05) is 12.1 Å². The summed E-state index contributed by atoms with van der Waals surface area (Å²) >= 11 is 0. The molecule has 0 bridgehead atoms. The number of carbonyl (C=O) groups is 1. The van der Waals surface area contributed by atoms with Crippen LogP contribution < -0.4 is 5.32 Å². The van der Waals surface area contributed by atoms with Crippen molar-refractivity contribution in [1.29, 1.82) is 0 Å². The Morgan fingerprint density at radius 2 is 1.52 bits per heavy atom. The van der Waals surface area contributed by atoms with Crippen LogP contribution in [-0.2, 0) is 26.7 Å². The Balaban J connectivity index is 1.66. The van der Waals surface area contributed by atoms with E-state index in [4.69, 9.17) is 0 Å². The zero-order valence-corrected chi connectivity index (χ0v) is 17.4. The van der Waals surface area contributed by atoms with Gasteiger partial charge < -0.3 is 10.4 Å². The number of carbonyl (C=O) groups excluding carboxylic acids is 1. The minimum atomic E-state index is -6.02. The van der Waals surface area contributed by atoms with Gasteiger partial charge in [-0.2, -0.15) is 26.3 Å². The van der Waals surface area contributed by atoms with Gasteiger partial charge in [0, 0.05) is 23.6 Å². The van der Waals surface area contributed by atoms with E-state index in [0.29, 0.717) is 12.1 Å². The van der Waals surface area contributed by atoms with Crippen LogP contribution in [0.25, 0.3) is 0 Å². The number of benzene rings is 1. The Hall–Kier alpha value is -2.74. The number of halogens is 6. The van der Waals surface area contributed by atoms with Crippen LogP contribution in [0.5, 0.6) is 0 Å². The predicted octanol–water partition coefficient (Wildman–Crippen LogP) is 3.15. The molecule has 1 aromatic heterocycles. The van der Waals surface area contributed by atoms with Crippen molar-refractivity contribution in [2.24, 2.45) is 5.92 Å². The molecule has 1 fully saturated rings. The molecule has 2 N–H and O–H groups in total. The molecular weight excluding hydrogens is 480 g/mol. The van der Waals surface area contributed by atoms with Crippen LogP contribution in [0.2, 0.25) is 0 Å². The van der Waals surface area contributed by atoms with Crippen molar-refractivity contribution in [3.05, 3.63) is 47.8 Å². The average molecular weight is 497 g/mol. The Morgan fingerprint density at radius 3 is 1.97 bits per heavy atom. The third-order valence-electron chi connectivity index (χ3n) is 4.88. The van der Waals surface area contributed by atoms with Crippen LogP contribution in [0.3, 0.4) is 0 Å². The summed E-state index contributed by atoms with van der Waals surface area (Å²) in [5, 5.41) is 11.3. The highest BCUT2D eigenvalue weighted by Gasteiger charge is 2.71. The fraction of sp³-hybridized carbons (Fsp3) is 0.421. The van der Waals surface area contributed by atoms with Crippen LogP contribution in [0.1, 0.15) is 24.0 Å². The second-order valence-corrected chi connectivity index (χ2v) is 9.53. The van der Waals surface area contributed by atoms with Crippen molar-refractivity contribution >= 4 is 21.4 Å². The number of aromatic nitrogens is 2. The van der Waals surface area contributed by atoms with Gasteiger partial charge in [0.2, 0.25) is 20.9 Å². The average Bonchev–Trinajstić information content (AvgIpc) is 3.50. The highest BCUT2D eigenvalue weighted by atomic mass is 32.2. The van der Waals surface area contributed by atoms with Crippen LogP contribution in [-0.4, -0.2) is 47.5 Å². The molecule has 1 amide bonds. The number of rotatable bonds is 7. The van der Waals surface area contributed by atoms with Crippen LogP contribution in [0.4, 0.5) is 32.0 Å². The van der Waals surface area contributed by atoms with E-state index in [2.05, 4.69) is 15.3 Å². The summed E-state index contributed by atoms with van der Waals surface area (Å²) in [7, 11) is -3.63. The molecule has 1 aliphatic carbocycles. The van der Waals surface area contributed by atoms with Gasteiger partial charge >= 0.3 is 12.4 Å². The molecule has 0 aliphatic heterocycles. The highest BCUT2D eigenvalue weighted by Crippen LogP contribution is 2.50. The second kappa shape index (κ2) is 8.56. The molecule has 3 rings (SSSR count). The summed E-state index contributed by atoms with van der Waals surface area (Å²) in [6.07, 6.45) is -8.44. The first-order valence-electron chi connectivity index (χ1n) is 9.43. The minimum absolute atomic E-state index is 0.0549. The van der Waals surface area contributed by atoms with E-state index >= 15 is 0 Å². The summed E-state index contributed by atoms with van der Waals surface area (Å²) in [4.78, 5) is 19.6. The smallest absolute Gasteiger partial charge is 0.369 e. The van der Waals surface area contributed by atoms with E-state index in [0.717, 1.165) is 37.4 Å². The molecule has 1 heterocycles. The monoisotopic (exact) mass is 497 g/mol. The summed E-state index contributed by atoms with van der Waals surface area (Å²) < 4.78 is 102. The van der Waals surface area contributed by atoms with Crippen LogP contribution in [0, 0.1) is 5.92 Å². The van der Waals surface area contributed by atoms with Gasteiger partial charge in [0.15, 0.2) is 0 Å². The van der Waals surface area contributed by atoms with E-state index < -0.39 is 39.3 Å². The Morgan fingerprint density at radius 1 is 1.00 bits per heavy atom. The Kier molecular flexibility index (Phi) is 6.45. The molecule has 0 unspecified atom stereocenters. The van der Waals surface area contributed by atoms with Crippen molar-refractivity contribution in [2.45, 2.75) is 42.4 Å². The number of sulfone groups is 1. The number of hydrogen-bond acceptors (Lipinski definition) is 6. The van der Waals surface area contributed by atoms with Gasteiger partial charge in [-0.05, 0) is 36.5 Å². The fourth-order valence-electron chi connectivity index (χ4n) is 2.94.